The first-order chi connectivity index (χ1) is 8.24. The maximum atomic E-state index is 11.3. The molecule has 1 aromatic rings. The van der Waals surface area contributed by atoms with E-state index in [1.165, 1.54) is 0 Å². The number of fused-ring (bicyclic) bond motifs is 1. The molecule has 0 bridgehead atoms. The van der Waals surface area contributed by atoms with Crippen molar-refractivity contribution >= 4 is 5.91 Å². The number of carbonyl (C=O) groups is 1. The van der Waals surface area contributed by atoms with Crippen LogP contribution in [0.15, 0.2) is 18.2 Å². The summed E-state index contributed by atoms with van der Waals surface area (Å²) in [6.45, 7) is 1.13. The van der Waals surface area contributed by atoms with Crippen LogP contribution in [0.1, 0.15) is 18.0 Å². The van der Waals surface area contributed by atoms with Gasteiger partial charge >= 0.3 is 0 Å². The van der Waals surface area contributed by atoms with Crippen molar-refractivity contribution in [3.63, 3.8) is 0 Å². The van der Waals surface area contributed by atoms with Crippen molar-refractivity contribution in [1.82, 2.24) is 5.32 Å². The summed E-state index contributed by atoms with van der Waals surface area (Å²) in [5.74, 6) is 1.47. The highest BCUT2D eigenvalue weighted by Crippen LogP contribution is 2.34. The van der Waals surface area contributed by atoms with Gasteiger partial charge in [0.05, 0.1) is 6.04 Å². The summed E-state index contributed by atoms with van der Waals surface area (Å²) >= 11 is 0. The van der Waals surface area contributed by atoms with Gasteiger partial charge in [0.1, 0.15) is 13.2 Å². The molecule has 0 aliphatic carbocycles. The highest BCUT2D eigenvalue weighted by Gasteiger charge is 2.31. The highest BCUT2D eigenvalue weighted by atomic mass is 16.6. The van der Waals surface area contributed by atoms with Crippen molar-refractivity contribution in [1.29, 1.82) is 0 Å². The Morgan fingerprint density at radius 2 is 2.00 bits per heavy atom. The average molecular weight is 234 g/mol. The standard InChI is InChI=1S/C12H14N2O3/c13-8-6-11(15)14-12(8)7-1-2-9-10(5-7)17-4-3-16-9/h1-2,5,8,12H,3-4,6,13H2,(H,14,15)/t8-,12+/m1/s1. The van der Waals surface area contributed by atoms with E-state index in [0.29, 0.717) is 19.6 Å². The zero-order valence-corrected chi connectivity index (χ0v) is 9.31. The smallest absolute Gasteiger partial charge is 0.222 e. The summed E-state index contributed by atoms with van der Waals surface area (Å²) in [6, 6.07) is 5.37. The number of hydrogen-bond acceptors (Lipinski definition) is 4. The minimum absolute atomic E-state index is 0.00242. The molecule has 1 amide bonds. The molecule has 2 aliphatic heterocycles. The Bertz CT molecular complexity index is 461. The number of carbonyl (C=O) groups excluding carboxylic acids is 1. The van der Waals surface area contributed by atoms with Crippen molar-refractivity contribution in [3.8, 4) is 11.5 Å². The van der Waals surface area contributed by atoms with Crippen LogP contribution in [0.4, 0.5) is 0 Å². The molecule has 5 heteroatoms. The lowest BCUT2D eigenvalue weighted by atomic mass is 10.0. The van der Waals surface area contributed by atoms with E-state index in [1.54, 1.807) is 0 Å². The molecule has 0 unspecified atom stereocenters. The van der Waals surface area contributed by atoms with Gasteiger partial charge in [-0.25, -0.2) is 0 Å². The van der Waals surface area contributed by atoms with Crippen LogP contribution in [0.25, 0.3) is 0 Å². The van der Waals surface area contributed by atoms with Gasteiger partial charge < -0.3 is 20.5 Å². The number of nitrogens with two attached hydrogens (primary N) is 1. The molecule has 1 fully saturated rings. The van der Waals surface area contributed by atoms with E-state index in [-0.39, 0.29) is 18.0 Å². The maximum Gasteiger partial charge on any atom is 0.222 e. The summed E-state index contributed by atoms with van der Waals surface area (Å²) in [7, 11) is 0. The van der Waals surface area contributed by atoms with Gasteiger partial charge in [-0.2, -0.15) is 0 Å². The molecule has 90 valence electrons. The van der Waals surface area contributed by atoms with Crippen molar-refractivity contribution in [2.24, 2.45) is 5.73 Å². The molecule has 0 aromatic heterocycles. The number of ether oxygens (including phenoxy) is 2. The van der Waals surface area contributed by atoms with Crippen molar-refractivity contribution in [3.05, 3.63) is 23.8 Å². The fourth-order valence-corrected chi connectivity index (χ4v) is 2.26. The van der Waals surface area contributed by atoms with Gasteiger partial charge in [0.25, 0.3) is 0 Å². The van der Waals surface area contributed by atoms with Gasteiger partial charge in [-0.3, -0.25) is 4.79 Å². The molecular weight excluding hydrogens is 220 g/mol. The molecule has 3 N–H and O–H groups in total. The molecule has 2 heterocycles. The first-order valence-corrected chi connectivity index (χ1v) is 5.68. The minimum atomic E-state index is -0.176. The summed E-state index contributed by atoms with van der Waals surface area (Å²) in [6.07, 6.45) is 0.374. The van der Waals surface area contributed by atoms with Gasteiger partial charge in [-0.1, -0.05) is 6.07 Å². The third-order valence-corrected chi connectivity index (χ3v) is 3.09. The molecule has 0 saturated carbocycles. The van der Waals surface area contributed by atoms with E-state index in [4.69, 9.17) is 15.2 Å². The molecule has 0 radical (unpaired) electrons. The Hall–Kier alpha value is -1.75. The minimum Gasteiger partial charge on any atom is -0.486 e. The Kier molecular flexibility index (Phi) is 2.40. The largest absolute Gasteiger partial charge is 0.486 e. The van der Waals surface area contributed by atoms with Crippen molar-refractivity contribution < 1.29 is 14.3 Å². The van der Waals surface area contributed by atoms with E-state index in [1.807, 2.05) is 18.2 Å². The second kappa shape index (κ2) is 3.92. The van der Waals surface area contributed by atoms with Crippen LogP contribution in [0.3, 0.4) is 0 Å². The number of benzene rings is 1. The predicted molar refractivity (Wildman–Crippen MR) is 60.9 cm³/mol. The molecular formula is C12H14N2O3. The van der Waals surface area contributed by atoms with Crippen LogP contribution in [-0.4, -0.2) is 25.2 Å². The van der Waals surface area contributed by atoms with Gasteiger partial charge in [0, 0.05) is 12.5 Å². The topological polar surface area (TPSA) is 73.6 Å². The zero-order chi connectivity index (χ0) is 11.8. The van der Waals surface area contributed by atoms with E-state index in [9.17, 15) is 4.79 Å². The number of hydrogen-bond donors (Lipinski definition) is 2. The Morgan fingerprint density at radius 1 is 1.24 bits per heavy atom. The second-order valence-electron chi connectivity index (χ2n) is 4.32. The summed E-state index contributed by atoms with van der Waals surface area (Å²) in [5.41, 5.74) is 6.89. The Balaban J connectivity index is 1.91. The van der Waals surface area contributed by atoms with Crippen LogP contribution in [0.5, 0.6) is 11.5 Å². The summed E-state index contributed by atoms with van der Waals surface area (Å²) in [5, 5.41) is 2.87. The van der Waals surface area contributed by atoms with Gasteiger partial charge in [0.2, 0.25) is 5.91 Å². The fraction of sp³-hybridized carbons (Fsp3) is 0.417. The molecule has 0 spiro atoms. The van der Waals surface area contributed by atoms with Crippen molar-refractivity contribution in [2.45, 2.75) is 18.5 Å². The number of rotatable bonds is 1. The van der Waals surface area contributed by atoms with Gasteiger partial charge in [0.15, 0.2) is 11.5 Å². The second-order valence-corrected chi connectivity index (χ2v) is 4.32. The normalized spacial score (nSPS) is 26.8. The van der Waals surface area contributed by atoms with Crippen LogP contribution >= 0.6 is 0 Å². The van der Waals surface area contributed by atoms with Gasteiger partial charge in [-0.05, 0) is 17.7 Å². The monoisotopic (exact) mass is 234 g/mol. The quantitative estimate of drug-likeness (QED) is 0.735. The summed E-state index contributed by atoms with van der Waals surface area (Å²) in [4.78, 5) is 11.3. The number of nitrogens with one attached hydrogen (secondary N) is 1. The maximum absolute atomic E-state index is 11.3. The lowest BCUT2D eigenvalue weighted by Crippen LogP contribution is -2.28. The number of amides is 1. The lowest BCUT2D eigenvalue weighted by molar-refractivity contribution is -0.119. The highest BCUT2D eigenvalue weighted by molar-refractivity contribution is 5.80. The molecule has 1 saturated heterocycles. The first kappa shape index (κ1) is 10.4. The molecule has 5 nitrogen and oxygen atoms in total. The zero-order valence-electron chi connectivity index (χ0n) is 9.31. The first-order valence-electron chi connectivity index (χ1n) is 5.68. The fourth-order valence-electron chi connectivity index (χ4n) is 2.26. The third kappa shape index (κ3) is 1.82. The van der Waals surface area contributed by atoms with E-state index >= 15 is 0 Å². The third-order valence-electron chi connectivity index (χ3n) is 3.09. The molecule has 2 atom stereocenters. The molecule has 3 rings (SSSR count). The van der Waals surface area contributed by atoms with Crippen LogP contribution in [0.2, 0.25) is 0 Å². The molecule has 1 aromatic carbocycles. The Labute approximate surface area is 98.9 Å². The summed E-state index contributed by atoms with van der Waals surface area (Å²) < 4.78 is 11.0. The van der Waals surface area contributed by atoms with Crippen LogP contribution in [0, 0.1) is 0 Å². The van der Waals surface area contributed by atoms with Gasteiger partial charge in [-0.15, -0.1) is 0 Å². The van der Waals surface area contributed by atoms with Crippen LogP contribution < -0.4 is 20.5 Å². The SMILES string of the molecule is N[C@@H]1CC(=O)N[C@H]1c1ccc2c(c1)OCCO2. The molecule has 2 aliphatic rings. The van der Waals surface area contributed by atoms with E-state index < -0.39 is 0 Å². The van der Waals surface area contributed by atoms with E-state index in [0.717, 1.165) is 17.1 Å². The average Bonchev–Trinajstić information content (AvgIpc) is 2.68. The van der Waals surface area contributed by atoms with Crippen LogP contribution in [-0.2, 0) is 4.79 Å². The van der Waals surface area contributed by atoms with E-state index in [2.05, 4.69) is 5.32 Å². The Morgan fingerprint density at radius 3 is 2.71 bits per heavy atom. The lowest BCUT2D eigenvalue weighted by Gasteiger charge is -2.21. The van der Waals surface area contributed by atoms with Crippen molar-refractivity contribution in [2.75, 3.05) is 13.2 Å². The predicted octanol–water partition coefficient (Wildman–Crippen LogP) is 0.346. The molecule has 17 heavy (non-hydrogen) atoms.